The lowest BCUT2D eigenvalue weighted by atomic mass is 9.74. The zero-order valence-electron chi connectivity index (χ0n) is 24.5. The average Bonchev–Trinajstić information content (AvgIpc) is 3.61. The van der Waals surface area contributed by atoms with Crippen LogP contribution in [0.15, 0.2) is 71.2 Å². The standard InChI is InChI=1S/C33H33BrClN3O7/c1-19-9-8-12-22(35)27(19)37-14-7-3-6-13-24(40)36-18-23(20-10-4-2-5-11-20)44-32(43)25-26-30(41)38(15-16-39)29(31(37)42)33(26)17-21(34)28(25)45-33/h2-5,7-12,17,23,25-26,28-29,39H,6,13-16,18H2,1H3,(H,36,40)/b7-3-/t23-,25-,26+,28-,29-,33+/m0/s1. The fourth-order valence-corrected chi connectivity index (χ4v) is 8.00. The number of carbonyl (C=O) groups is 4. The van der Waals surface area contributed by atoms with Gasteiger partial charge in [0, 0.05) is 24.0 Å². The zero-order chi connectivity index (χ0) is 31.9. The van der Waals surface area contributed by atoms with Crippen LogP contribution >= 0.6 is 27.5 Å². The highest BCUT2D eigenvalue weighted by Crippen LogP contribution is 2.59. The molecule has 2 aromatic rings. The normalized spacial score (nSPS) is 31.0. The van der Waals surface area contributed by atoms with Crippen LogP contribution in [0.5, 0.6) is 0 Å². The molecule has 4 aliphatic heterocycles. The van der Waals surface area contributed by atoms with Crippen LogP contribution < -0.4 is 10.2 Å². The van der Waals surface area contributed by atoms with Gasteiger partial charge in [0.15, 0.2) is 0 Å². The summed E-state index contributed by atoms with van der Waals surface area (Å²) in [4.78, 5) is 58.6. The molecule has 6 rings (SSSR count). The van der Waals surface area contributed by atoms with Crippen molar-refractivity contribution in [3.05, 3.63) is 87.4 Å². The molecule has 2 saturated heterocycles. The number of cyclic esters (lactones) is 1. The molecule has 2 aromatic carbocycles. The van der Waals surface area contributed by atoms with E-state index < -0.39 is 60.1 Å². The number of fused-ring (bicyclic) bond motifs is 2. The molecule has 0 aliphatic carbocycles. The number of likely N-dealkylation sites (tertiary alicyclic amines) is 1. The molecule has 2 N–H and O–H groups in total. The van der Waals surface area contributed by atoms with Gasteiger partial charge >= 0.3 is 5.97 Å². The number of nitrogens with one attached hydrogen (secondary N) is 1. The summed E-state index contributed by atoms with van der Waals surface area (Å²) in [5.41, 5.74) is 0.384. The minimum absolute atomic E-state index is 0.0363. The molecule has 45 heavy (non-hydrogen) atoms. The molecule has 0 radical (unpaired) electrons. The molecule has 6 atom stereocenters. The summed E-state index contributed by atoms with van der Waals surface area (Å²) in [6.07, 6.45) is 4.21. The van der Waals surface area contributed by atoms with Gasteiger partial charge in [0.2, 0.25) is 11.8 Å². The summed E-state index contributed by atoms with van der Waals surface area (Å²) in [5.74, 6) is -4.03. The topological polar surface area (TPSA) is 125 Å². The summed E-state index contributed by atoms with van der Waals surface area (Å²) in [6, 6.07) is 13.1. The number of nitrogens with zero attached hydrogens (tertiary/aromatic N) is 2. The van der Waals surface area contributed by atoms with Gasteiger partial charge in [-0.2, -0.15) is 0 Å². The SMILES string of the molecule is Cc1cccc(Cl)c1N1C/C=C\CCC(=O)NC[C@@H](c2ccccc2)OC(=O)[C@@H]2[C@H]3O[C@@]4(C=C3Br)[C@H](C1=O)N(CCO)C(=O)[C@@H]24. The monoisotopic (exact) mass is 697 g/mol. The Morgan fingerprint density at radius 3 is 2.58 bits per heavy atom. The number of ether oxygens (including phenoxy) is 2. The summed E-state index contributed by atoms with van der Waals surface area (Å²) >= 11 is 10.2. The van der Waals surface area contributed by atoms with Crippen LogP contribution in [0.4, 0.5) is 5.69 Å². The predicted octanol–water partition coefficient (Wildman–Crippen LogP) is 3.60. The van der Waals surface area contributed by atoms with E-state index in [0.717, 1.165) is 5.56 Å². The lowest BCUT2D eigenvalue weighted by Gasteiger charge is -2.36. The number of para-hydroxylation sites is 1. The molecule has 0 aromatic heterocycles. The summed E-state index contributed by atoms with van der Waals surface area (Å²) in [6.45, 7) is 1.43. The summed E-state index contributed by atoms with van der Waals surface area (Å²) in [7, 11) is 0. The molecular weight excluding hydrogens is 666 g/mol. The summed E-state index contributed by atoms with van der Waals surface area (Å²) < 4.78 is 13.1. The van der Waals surface area contributed by atoms with Crippen molar-refractivity contribution in [1.29, 1.82) is 0 Å². The molecule has 236 valence electrons. The van der Waals surface area contributed by atoms with Crippen LogP contribution in [0.3, 0.4) is 0 Å². The number of allylic oxidation sites excluding steroid dienone is 1. The predicted molar refractivity (Wildman–Crippen MR) is 169 cm³/mol. The minimum atomic E-state index is -1.50. The van der Waals surface area contributed by atoms with Gasteiger partial charge in [-0.05, 0) is 36.6 Å². The van der Waals surface area contributed by atoms with E-state index in [1.165, 1.54) is 9.80 Å². The number of hydrogen-bond acceptors (Lipinski definition) is 7. The van der Waals surface area contributed by atoms with Crippen molar-refractivity contribution in [3.8, 4) is 0 Å². The van der Waals surface area contributed by atoms with E-state index >= 15 is 0 Å². The second-order valence-corrected chi connectivity index (χ2v) is 12.9. The number of β-amino-alcohol motifs (C(OH)–C–C–N with tert-alkyl or cyclic N) is 1. The minimum Gasteiger partial charge on any atom is -0.455 e. The second-order valence-electron chi connectivity index (χ2n) is 11.6. The highest BCUT2D eigenvalue weighted by atomic mass is 79.9. The number of halogens is 2. The molecule has 0 unspecified atom stereocenters. The number of aliphatic hydroxyl groups excluding tert-OH is 1. The lowest BCUT2D eigenvalue weighted by Crippen LogP contribution is -2.56. The molecule has 10 nitrogen and oxygen atoms in total. The number of anilines is 1. The van der Waals surface area contributed by atoms with Gasteiger partial charge in [0.1, 0.15) is 29.8 Å². The summed E-state index contributed by atoms with van der Waals surface area (Å²) in [5, 5.41) is 13.2. The third kappa shape index (κ3) is 5.49. The van der Waals surface area contributed by atoms with E-state index in [4.69, 9.17) is 21.1 Å². The quantitative estimate of drug-likeness (QED) is 0.370. The number of hydrogen-bond donors (Lipinski definition) is 2. The Morgan fingerprint density at radius 2 is 1.84 bits per heavy atom. The van der Waals surface area contributed by atoms with E-state index in [-0.39, 0.29) is 32.0 Å². The van der Waals surface area contributed by atoms with Gasteiger partial charge in [0.25, 0.3) is 5.91 Å². The Bertz CT molecular complexity index is 1560. The molecule has 4 aliphatic rings. The van der Waals surface area contributed by atoms with Gasteiger partial charge in [-0.25, -0.2) is 0 Å². The number of aryl methyl sites for hydroxylation is 1. The van der Waals surface area contributed by atoms with Gasteiger partial charge in [-0.3, -0.25) is 19.2 Å². The maximum absolute atomic E-state index is 14.8. The number of rotatable bonds is 4. The van der Waals surface area contributed by atoms with Crippen molar-refractivity contribution < 1.29 is 33.8 Å². The number of amides is 3. The number of benzene rings is 2. The molecular formula is C33H33BrClN3O7. The van der Waals surface area contributed by atoms with Crippen LogP contribution in [0.2, 0.25) is 5.02 Å². The maximum atomic E-state index is 14.8. The van der Waals surface area contributed by atoms with E-state index in [2.05, 4.69) is 21.2 Å². The van der Waals surface area contributed by atoms with Crippen molar-refractivity contribution in [3.63, 3.8) is 0 Å². The first kappa shape index (κ1) is 31.5. The third-order valence-electron chi connectivity index (χ3n) is 8.90. The molecule has 4 heterocycles. The Balaban J connectivity index is 1.47. The Labute approximate surface area is 274 Å². The van der Waals surface area contributed by atoms with Crippen LogP contribution in [-0.2, 0) is 28.7 Å². The molecule has 3 amide bonds. The lowest BCUT2D eigenvalue weighted by molar-refractivity contribution is -0.159. The molecule has 12 heteroatoms. The van der Waals surface area contributed by atoms with Crippen LogP contribution in [-0.4, -0.2) is 77.7 Å². The first-order chi connectivity index (χ1) is 21.7. The van der Waals surface area contributed by atoms with Crippen molar-refractivity contribution in [2.75, 3.05) is 31.1 Å². The average molecular weight is 699 g/mol. The zero-order valence-corrected chi connectivity index (χ0v) is 26.9. The van der Waals surface area contributed by atoms with E-state index in [9.17, 15) is 24.3 Å². The molecule has 5 bridgehead atoms. The first-order valence-corrected chi connectivity index (χ1v) is 16.1. The van der Waals surface area contributed by atoms with Crippen molar-refractivity contribution in [1.82, 2.24) is 10.2 Å². The number of esters is 1. The van der Waals surface area contributed by atoms with E-state index in [1.54, 1.807) is 36.4 Å². The Kier molecular flexibility index (Phi) is 8.89. The first-order valence-electron chi connectivity index (χ1n) is 14.9. The Morgan fingerprint density at radius 1 is 1.07 bits per heavy atom. The van der Waals surface area contributed by atoms with Gasteiger partial charge in [-0.15, -0.1) is 0 Å². The largest absolute Gasteiger partial charge is 0.455 e. The van der Waals surface area contributed by atoms with Crippen LogP contribution in [0, 0.1) is 18.8 Å². The molecule has 1 spiro atoms. The van der Waals surface area contributed by atoms with Gasteiger partial charge in [0.05, 0.1) is 29.8 Å². The van der Waals surface area contributed by atoms with Gasteiger partial charge in [-0.1, -0.05) is 82.1 Å². The highest BCUT2D eigenvalue weighted by Gasteiger charge is 2.75. The van der Waals surface area contributed by atoms with Crippen molar-refractivity contribution in [2.45, 2.75) is 43.6 Å². The highest BCUT2D eigenvalue weighted by molar-refractivity contribution is 9.11. The molecule has 2 fully saturated rings. The fourth-order valence-electron chi connectivity index (χ4n) is 6.94. The van der Waals surface area contributed by atoms with Crippen molar-refractivity contribution >= 4 is 56.9 Å². The van der Waals surface area contributed by atoms with Gasteiger partial charge < -0.3 is 29.7 Å². The Hall–Kier alpha value is -3.51. The van der Waals surface area contributed by atoms with Crippen molar-refractivity contribution in [2.24, 2.45) is 11.8 Å². The molecule has 0 saturated carbocycles. The van der Waals surface area contributed by atoms with Crippen LogP contribution in [0.1, 0.15) is 30.1 Å². The van der Waals surface area contributed by atoms with E-state index in [1.807, 2.05) is 37.3 Å². The van der Waals surface area contributed by atoms with E-state index in [0.29, 0.717) is 27.2 Å². The smallest absolute Gasteiger partial charge is 0.313 e. The second kappa shape index (κ2) is 12.7. The third-order valence-corrected chi connectivity index (χ3v) is 9.89. The fraction of sp³-hybridized carbons (Fsp3) is 0.394. The van der Waals surface area contributed by atoms with Crippen LogP contribution in [0.25, 0.3) is 0 Å². The number of aliphatic hydroxyl groups is 1. The maximum Gasteiger partial charge on any atom is 0.313 e. The number of carbonyl (C=O) groups excluding carboxylic acids is 4.